The minimum absolute atomic E-state index is 0.0295. The quantitative estimate of drug-likeness (QED) is 0.676. The normalized spacial score (nSPS) is 11.6. The van der Waals surface area contributed by atoms with Gasteiger partial charge in [-0.15, -0.1) is 0 Å². The number of hydrogen-bond acceptors (Lipinski definition) is 5. The Kier molecular flexibility index (Phi) is 4.98. The molecule has 0 atom stereocenters. The van der Waals surface area contributed by atoms with Gasteiger partial charge < -0.3 is 4.52 Å². The van der Waals surface area contributed by atoms with Crippen LogP contribution in [-0.2, 0) is 16.6 Å². The zero-order valence-electron chi connectivity index (χ0n) is 13.0. The van der Waals surface area contributed by atoms with Gasteiger partial charge in [-0.25, -0.2) is 17.5 Å². The number of aryl methyl sites for hydroxylation is 1. The van der Waals surface area contributed by atoms with E-state index in [2.05, 4.69) is 30.8 Å². The highest BCUT2D eigenvalue weighted by atomic mass is 79.9. The first-order valence-corrected chi connectivity index (χ1v) is 9.47. The van der Waals surface area contributed by atoms with Crippen LogP contribution in [0.15, 0.2) is 56.4 Å². The molecule has 130 valence electrons. The Labute approximate surface area is 152 Å². The summed E-state index contributed by atoms with van der Waals surface area (Å²) in [5.41, 5.74) is 0.985. The van der Waals surface area contributed by atoms with E-state index in [0.29, 0.717) is 5.82 Å². The van der Waals surface area contributed by atoms with Crippen molar-refractivity contribution in [1.29, 1.82) is 0 Å². The summed E-state index contributed by atoms with van der Waals surface area (Å²) in [6, 6.07) is 10.9. The van der Waals surface area contributed by atoms with Crippen LogP contribution < -0.4 is 4.72 Å². The van der Waals surface area contributed by atoms with E-state index in [-0.39, 0.29) is 22.9 Å². The molecular weight excluding hydrogens is 413 g/mol. The van der Waals surface area contributed by atoms with Crippen LogP contribution in [0, 0.1) is 12.7 Å². The maximum Gasteiger partial charge on any atom is 0.242 e. The molecule has 0 fully saturated rings. The van der Waals surface area contributed by atoms with Crippen molar-refractivity contribution in [3.05, 3.63) is 64.2 Å². The Morgan fingerprint density at radius 1 is 1.24 bits per heavy atom. The second-order valence-electron chi connectivity index (χ2n) is 5.26. The fourth-order valence-corrected chi connectivity index (χ4v) is 3.55. The average Bonchev–Trinajstić information content (AvgIpc) is 3.05. The molecular formula is C16H13BrFN3O3S. The number of sulfonamides is 1. The lowest BCUT2D eigenvalue weighted by molar-refractivity contribution is 0.376. The number of hydrogen-bond donors (Lipinski definition) is 1. The Balaban J connectivity index is 1.74. The summed E-state index contributed by atoms with van der Waals surface area (Å²) < 4.78 is 46.1. The van der Waals surface area contributed by atoms with Gasteiger partial charge in [0.05, 0.1) is 11.4 Å². The number of benzene rings is 2. The van der Waals surface area contributed by atoms with Crippen molar-refractivity contribution in [2.75, 3.05) is 0 Å². The van der Waals surface area contributed by atoms with Crippen molar-refractivity contribution in [2.24, 2.45) is 0 Å². The third-order valence-corrected chi connectivity index (χ3v) is 5.30. The van der Waals surface area contributed by atoms with Gasteiger partial charge in [-0.2, -0.15) is 4.98 Å². The van der Waals surface area contributed by atoms with Crippen LogP contribution in [0.4, 0.5) is 4.39 Å². The van der Waals surface area contributed by atoms with Gasteiger partial charge in [-0.05, 0) is 42.8 Å². The van der Waals surface area contributed by atoms with Gasteiger partial charge in [-0.3, -0.25) is 0 Å². The molecule has 9 heteroatoms. The predicted molar refractivity (Wildman–Crippen MR) is 92.6 cm³/mol. The van der Waals surface area contributed by atoms with Crippen molar-refractivity contribution in [3.63, 3.8) is 0 Å². The van der Waals surface area contributed by atoms with Crippen LogP contribution >= 0.6 is 15.9 Å². The molecule has 0 aliphatic heterocycles. The van der Waals surface area contributed by atoms with Crippen LogP contribution in [0.1, 0.15) is 11.5 Å². The molecule has 3 aromatic rings. The summed E-state index contributed by atoms with van der Waals surface area (Å²) in [7, 11) is -3.81. The summed E-state index contributed by atoms with van der Waals surface area (Å²) in [5, 5.41) is 3.84. The first-order valence-electron chi connectivity index (χ1n) is 7.19. The standard InChI is InChI=1S/C16H13BrFN3O3S/c1-10-7-13(5-6-14(10)18)25(22,23)19-9-15-20-16(21-24-15)11-3-2-4-12(17)8-11/h2-8,19H,9H2,1H3. The lowest BCUT2D eigenvalue weighted by Crippen LogP contribution is -2.23. The molecule has 0 saturated carbocycles. The first-order chi connectivity index (χ1) is 11.8. The number of nitrogens with zero attached hydrogens (tertiary/aromatic N) is 2. The van der Waals surface area contributed by atoms with Gasteiger partial charge >= 0.3 is 0 Å². The summed E-state index contributed by atoms with van der Waals surface area (Å²) in [5.74, 6) is 0.0139. The summed E-state index contributed by atoms with van der Waals surface area (Å²) >= 11 is 3.36. The predicted octanol–water partition coefficient (Wildman–Crippen LogP) is 3.43. The molecule has 0 spiro atoms. The second kappa shape index (κ2) is 7.03. The van der Waals surface area contributed by atoms with Crippen LogP contribution in [0.25, 0.3) is 11.4 Å². The summed E-state index contributed by atoms with van der Waals surface area (Å²) in [6.07, 6.45) is 0. The number of nitrogens with one attached hydrogen (secondary N) is 1. The molecule has 1 aromatic heterocycles. The van der Waals surface area contributed by atoms with Crippen molar-refractivity contribution < 1.29 is 17.3 Å². The van der Waals surface area contributed by atoms with Gasteiger partial charge in [0.1, 0.15) is 5.82 Å². The molecule has 0 saturated heterocycles. The molecule has 0 unspecified atom stereocenters. The number of rotatable bonds is 5. The Morgan fingerprint density at radius 2 is 2.04 bits per heavy atom. The maximum atomic E-state index is 13.3. The SMILES string of the molecule is Cc1cc(S(=O)(=O)NCc2nc(-c3cccc(Br)c3)no2)ccc1F. The molecule has 3 rings (SSSR count). The molecule has 0 aliphatic carbocycles. The number of halogens is 2. The zero-order valence-corrected chi connectivity index (χ0v) is 15.4. The summed E-state index contributed by atoms with van der Waals surface area (Å²) in [4.78, 5) is 4.13. The molecule has 0 aliphatic rings. The molecule has 0 amide bonds. The minimum atomic E-state index is -3.81. The summed E-state index contributed by atoms with van der Waals surface area (Å²) in [6.45, 7) is 1.33. The molecule has 1 N–H and O–H groups in total. The van der Waals surface area contributed by atoms with Gasteiger partial charge in [0.2, 0.25) is 21.7 Å². The lowest BCUT2D eigenvalue weighted by Gasteiger charge is -2.05. The van der Waals surface area contributed by atoms with E-state index in [1.54, 1.807) is 0 Å². The molecule has 0 bridgehead atoms. The van der Waals surface area contributed by atoms with Crippen molar-refractivity contribution in [2.45, 2.75) is 18.4 Å². The molecule has 2 aromatic carbocycles. The largest absolute Gasteiger partial charge is 0.338 e. The van der Waals surface area contributed by atoms with Gasteiger partial charge in [0.25, 0.3) is 0 Å². The van der Waals surface area contributed by atoms with E-state index in [4.69, 9.17) is 4.52 Å². The molecule has 6 nitrogen and oxygen atoms in total. The highest BCUT2D eigenvalue weighted by Crippen LogP contribution is 2.20. The van der Waals surface area contributed by atoms with Gasteiger partial charge in [0, 0.05) is 10.0 Å². The van der Waals surface area contributed by atoms with E-state index >= 15 is 0 Å². The van der Waals surface area contributed by atoms with Crippen LogP contribution in [0.3, 0.4) is 0 Å². The fourth-order valence-electron chi connectivity index (χ4n) is 2.10. The second-order valence-corrected chi connectivity index (χ2v) is 7.94. The molecule has 1 heterocycles. The highest BCUT2D eigenvalue weighted by Gasteiger charge is 2.17. The third-order valence-electron chi connectivity index (χ3n) is 3.40. The van der Waals surface area contributed by atoms with Gasteiger partial charge in [0.15, 0.2) is 0 Å². The fraction of sp³-hybridized carbons (Fsp3) is 0.125. The van der Waals surface area contributed by atoms with Crippen LogP contribution in [0.5, 0.6) is 0 Å². The van der Waals surface area contributed by atoms with E-state index in [1.807, 2.05) is 24.3 Å². The van der Waals surface area contributed by atoms with Crippen molar-refractivity contribution in [3.8, 4) is 11.4 Å². The average molecular weight is 426 g/mol. The Hall–Kier alpha value is -2.10. The lowest BCUT2D eigenvalue weighted by atomic mass is 10.2. The monoisotopic (exact) mass is 425 g/mol. The van der Waals surface area contributed by atoms with Crippen molar-refractivity contribution in [1.82, 2.24) is 14.9 Å². The zero-order chi connectivity index (χ0) is 18.0. The van der Waals surface area contributed by atoms with Crippen LogP contribution in [-0.4, -0.2) is 18.6 Å². The Morgan fingerprint density at radius 3 is 2.76 bits per heavy atom. The smallest absolute Gasteiger partial charge is 0.242 e. The molecule has 25 heavy (non-hydrogen) atoms. The Bertz CT molecular complexity index is 1020. The van der Waals surface area contributed by atoms with E-state index in [1.165, 1.54) is 19.1 Å². The van der Waals surface area contributed by atoms with E-state index in [0.717, 1.165) is 16.1 Å². The number of aromatic nitrogens is 2. The van der Waals surface area contributed by atoms with E-state index < -0.39 is 15.8 Å². The maximum absolute atomic E-state index is 13.3. The minimum Gasteiger partial charge on any atom is -0.338 e. The van der Waals surface area contributed by atoms with E-state index in [9.17, 15) is 12.8 Å². The third kappa shape index (κ3) is 4.12. The van der Waals surface area contributed by atoms with Crippen molar-refractivity contribution >= 4 is 26.0 Å². The molecule has 0 radical (unpaired) electrons. The van der Waals surface area contributed by atoms with Crippen LogP contribution in [0.2, 0.25) is 0 Å². The first kappa shape index (κ1) is 17.7. The van der Waals surface area contributed by atoms with Gasteiger partial charge in [-0.1, -0.05) is 33.2 Å². The topological polar surface area (TPSA) is 85.1 Å². The highest BCUT2D eigenvalue weighted by molar-refractivity contribution is 9.10.